The smallest absolute Gasteiger partial charge is 0.109 e. The van der Waals surface area contributed by atoms with Gasteiger partial charge in [-0.15, -0.1) is 0 Å². The van der Waals surface area contributed by atoms with Gasteiger partial charge in [-0.25, -0.2) is 4.98 Å². The number of imidazole rings is 1. The molecule has 1 aliphatic heterocycles. The van der Waals surface area contributed by atoms with E-state index in [2.05, 4.69) is 53.8 Å². The number of aromatic amines is 1. The maximum absolute atomic E-state index is 4.60. The van der Waals surface area contributed by atoms with Crippen LogP contribution in [0.5, 0.6) is 0 Å². The third kappa shape index (κ3) is 1.79. The molecule has 0 amide bonds. The predicted molar refractivity (Wildman–Crippen MR) is 71.6 cm³/mol. The lowest BCUT2D eigenvalue weighted by Gasteiger charge is -2.39. The number of H-pyrrole nitrogens is 1. The van der Waals surface area contributed by atoms with Crippen molar-refractivity contribution in [3.63, 3.8) is 0 Å². The summed E-state index contributed by atoms with van der Waals surface area (Å²) in [5.41, 5.74) is 3.55. The van der Waals surface area contributed by atoms with Crippen LogP contribution in [0.4, 0.5) is 5.69 Å². The van der Waals surface area contributed by atoms with Gasteiger partial charge in [0.2, 0.25) is 0 Å². The molecule has 0 saturated carbocycles. The van der Waals surface area contributed by atoms with E-state index in [-0.39, 0.29) is 0 Å². The van der Waals surface area contributed by atoms with Gasteiger partial charge in [0.15, 0.2) is 0 Å². The number of nitrogens with one attached hydrogen (secondary N) is 1. The molecule has 1 aromatic heterocycles. The standard InChI is InChI=1S/C14H19N3/c1-9(2)14-15-12-5-4-11(6-13(12)16-14)17-7-10(3)8-17/h4-6,9-10H,7-8H2,1-3H3,(H,15,16). The minimum atomic E-state index is 0.454. The molecule has 0 aliphatic carbocycles. The Morgan fingerprint density at radius 3 is 2.76 bits per heavy atom. The van der Waals surface area contributed by atoms with E-state index in [1.165, 1.54) is 18.8 Å². The van der Waals surface area contributed by atoms with Gasteiger partial charge in [-0.05, 0) is 24.1 Å². The SMILES string of the molecule is CC1CN(c2ccc3nc(C(C)C)[nH]c3c2)C1. The molecular formula is C14H19N3. The number of hydrogen-bond acceptors (Lipinski definition) is 2. The van der Waals surface area contributed by atoms with E-state index in [0.717, 1.165) is 22.8 Å². The second kappa shape index (κ2) is 3.76. The van der Waals surface area contributed by atoms with Crippen molar-refractivity contribution in [3.8, 4) is 0 Å². The van der Waals surface area contributed by atoms with Crippen LogP contribution >= 0.6 is 0 Å². The summed E-state index contributed by atoms with van der Waals surface area (Å²) in [7, 11) is 0. The first-order chi connectivity index (χ1) is 8.13. The summed E-state index contributed by atoms with van der Waals surface area (Å²) in [6, 6.07) is 6.52. The molecule has 0 unspecified atom stereocenters. The van der Waals surface area contributed by atoms with Crippen LogP contribution in [0.3, 0.4) is 0 Å². The molecule has 3 rings (SSSR count). The number of rotatable bonds is 2. The van der Waals surface area contributed by atoms with Crippen LogP contribution < -0.4 is 4.90 Å². The molecule has 3 heteroatoms. The molecular weight excluding hydrogens is 210 g/mol. The molecule has 2 aromatic rings. The molecule has 1 aromatic carbocycles. The van der Waals surface area contributed by atoms with Gasteiger partial charge in [-0.1, -0.05) is 20.8 Å². The van der Waals surface area contributed by atoms with Crippen molar-refractivity contribution in [1.29, 1.82) is 0 Å². The molecule has 1 fully saturated rings. The topological polar surface area (TPSA) is 31.9 Å². The van der Waals surface area contributed by atoms with E-state index >= 15 is 0 Å². The van der Waals surface area contributed by atoms with E-state index in [4.69, 9.17) is 0 Å². The quantitative estimate of drug-likeness (QED) is 0.858. The zero-order valence-electron chi connectivity index (χ0n) is 10.7. The number of nitrogens with zero attached hydrogens (tertiary/aromatic N) is 2. The van der Waals surface area contributed by atoms with Gasteiger partial charge in [0.1, 0.15) is 5.82 Å². The minimum Gasteiger partial charge on any atom is -0.371 e. The molecule has 0 bridgehead atoms. The Kier molecular flexibility index (Phi) is 2.35. The van der Waals surface area contributed by atoms with Gasteiger partial charge in [-0.3, -0.25) is 0 Å². The molecule has 1 aliphatic rings. The van der Waals surface area contributed by atoms with Gasteiger partial charge in [0.05, 0.1) is 11.0 Å². The van der Waals surface area contributed by atoms with Crippen LogP contribution in [-0.2, 0) is 0 Å². The average Bonchev–Trinajstić information content (AvgIpc) is 2.67. The van der Waals surface area contributed by atoms with E-state index in [9.17, 15) is 0 Å². The van der Waals surface area contributed by atoms with Crippen LogP contribution in [0, 0.1) is 5.92 Å². The molecule has 1 saturated heterocycles. The summed E-state index contributed by atoms with van der Waals surface area (Å²) in [6.07, 6.45) is 0. The lowest BCUT2D eigenvalue weighted by atomic mass is 10.0. The first kappa shape index (κ1) is 10.6. The molecule has 17 heavy (non-hydrogen) atoms. The molecule has 2 heterocycles. The fraction of sp³-hybridized carbons (Fsp3) is 0.500. The van der Waals surface area contributed by atoms with Crippen molar-refractivity contribution >= 4 is 16.7 Å². The highest BCUT2D eigenvalue weighted by Crippen LogP contribution is 2.27. The summed E-state index contributed by atoms with van der Waals surface area (Å²) in [4.78, 5) is 10.4. The van der Waals surface area contributed by atoms with Crippen molar-refractivity contribution in [1.82, 2.24) is 9.97 Å². The van der Waals surface area contributed by atoms with E-state index in [0.29, 0.717) is 5.92 Å². The van der Waals surface area contributed by atoms with Crippen molar-refractivity contribution in [2.45, 2.75) is 26.7 Å². The maximum Gasteiger partial charge on any atom is 0.109 e. The first-order valence-electron chi connectivity index (χ1n) is 6.38. The van der Waals surface area contributed by atoms with Crippen LogP contribution in [0.1, 0.15) is 32.5 Å². The van der Waals surface area contributed by atoms with Gasteiger partial charge in [0.25, 0.3) is 0 Å². The van der Waals surface area contributed by atoms with Gasteiger partial charge < -0.3 is 9.88 Å². The van der Waals surface area contributed by atoms with Crippen molar-refractivity contribution < 1.29 is 0 Å². The lowest BCUT2D eigenvalue weighted by Crippen LogP contribution is -2.45. The number of anilines is 1. The van der Waals surface area contributed by atoms with Gasteiger partial charge in [-0.2, -0.15) is 0 Å². The highest BCUT2D eigenvalue weighted by atomic mass is 15.2. The number of fused-ring (bicyclic) bond motifs is 1. The number of hydrogen-bond donors (Lipinski definition) is 1. The third-order valence-electron chi connectivity index (χ3n) is 3.46. The molecule has 0 radical (unpaired) electrons. The van der Waals surface area contributed by atoms with Crippen LogP contribution in [0.25, 0.3) is 11.0 Å². The summed E-state index contributed by atoms with van der Waals surface area (Å²) < 4.78 is 0. The Labute approximate surface area is 102 Å². The Bertz CT molecular complexity index is 535. The molecule has 0 atom stereocenters. The maximum atomic E-state index is 4.60. The van der Waals surface area contributed by atoms with Crippen LogP contribution in [-0.4, -0.2) is 23.1 Å². The molecule has 0 spiro atoms. The second-order valence-electron chi connectivity index (χ2n) is 5.49. The highest BCUT2D eigenvalue weighted by Gasteiger charge is 2.22. The monoisotopic (exact) mass is 229 g/mol. The van der Waals surface area contributed by atoms with Crippen molar-refractivity contribution in [3.05, 3.63) is 24.0 Å². The van der Waals surface area contributed by atoms with Crippen LogP contribution in [0.2, 0.25) is 0 Å². The van der Waals surface area contributed by atoms with Crippen molar-refractivity contribution in [2.75, 3.05) is 18.0 Å². The third-order valence-corrected chi connectivity index (χ3v) is 3.46. The Morgan fingerprint density at radius 2 is 2.12 bits per heavy atom. The summed E-state index contributed by atoms with van der Waals surface area (Å²) in [6.45, 7) is 8.97. The molecule has 90 valence electrons. The Morgan fingerprint density at radius 1 is 1.35 bits per heavy atom. The van der Waals surface area contributed by atoms with E-state index in [1.807, 2.05) is 0 Å². The average molecular weight is 229 g/mol. The second-order valence-corrected chi connectivity index (χ2v) is 5.49. The number of aromatic nitrogens is 2. The van der Waals surface area contributed by atoms with E-state index < -0.39 is 0 Å². The first-order valence-corrected chi connectivity index (χ1v) is 6.38. The molecule has 1 N–H and O–H groups in total. The fourth-order valence-electron chi connectivity index (χ4n) is 2.40. The van der Waals surface area contributed by atoms with Gasteiger partial charge in [0, 0.05) is 24.7 Å². The zero-order valence-corrected chi connectivity index (χ0v) is 10.7. The molecule has 3 nitrogen and oxygen atoms in total. The Balaban J connectivity index is 1.95. The predicted octanol–water partition coefficient (Wildman–Crippen LogP) is 3.14. The lowest BCUT2D eigenvalue weighted by molar-refractivity contribution is 0.447. The van der Waals surface area contributed by atoms with Gasteiger partial charge >= 0.3 is 0 Å². The highest BCUT2D eigenvalue weighted by molar-refractivity contribution is 5.80. The zero-order chi connectivity index (χ0) is 12.0. The van der Waals surface area contributed by atoms with Crippen LogP contribution in [0.15, 0.2) is 18.2 Å². The minimum absolute atomic E-state index is 0.454. The fourth-order valence-corrected chi connectivity index (χ4v) is 2.40. The number of benzene rings is 1. The summed E-state index contributed by atoms with van der Waals surface area (Å²) in [5.74, 6) is 2.36. The Hall–Kier alpha value is -1.51. The van der Waals surface area contributed by atoms with Crippen molar-refractivity contribution in [2.24, 2.45) is 5.92 Å². The summed E-state index contributed by atoms with van der Waals surface area (Å²) in [5, 5.41) is 0. The normalized spacial score (nSPS) is 16.8. The van der Waals surface area contributed by atoms with E-state index in [1.54, 1.807) is 0 Å². The largest absolute Gasteiger partial charge is 0.371 e. The summed E-state index contributed by atoms with van der Waals surface area (Å²) >= 11 is 0.